The molecule has 4 rings (SSSR count). The monoisotopic (exact) mass is 464 g/mol. The standard InChI is InChI=1S/C14H16N4O2.C12H16O2/c1-16-13-7-12(17-8-18-13)10-4-2-9(3-5-10)6-11(15)14(19)20;1-13-11-8-4-5-9-12(11)14-10-6-2-3-7-10/h2-5,7-8,11H,6,15H2,1H3,(H,19,20)(H,16,17,18);4-5,8-10H,2-3,6-7H2,1H3. The molecule has 4 N–H and O–H groups in total. The van der Waals surface area contributed by atoms with Gasteiger partial charge in [0.25, 0.3) is 0 Å². The Kier molecular flexibility index (Phi) is 9.22. The lowest BCUT2D eigenvalue weighted by Gasteiger charge is -2.15. The molecule has 34 heavy (non-hydrogen) atoms. The van der Waals surface area contributed by atoms with E-state index in [0.29, 0.717) is 12.5 Å². The molecule has 180 valence electrons. The molecule has 0 spiro atoms. The van der Waals surface area contributed by atoms with Gasteiger partial charge in [-0.1, -0.05) is 36.4 Å². The molecule has 1 fully saturated rings. The van der Waals surface area contributed by atoms with Crippen molar-refractivity contribution in [3.63, 3.8) is 0 Å². The highest BCUT2D eigenvalue weighted by Gasteiger charge is 2.17. The maximum absolute atomic E-state index is 10.7. The lowest BCUT2D eigenvalue weighted by atomic mass is 10.0. The van der Waals surface area contributed by atoms with Gasteiger partial charge in [0.1, 0.15) is 18.2 Å². The Labute approximate surface area is 200 Å². The van der Waals surface area contributed by atoms with Crippen molar-refractivity contribution in [1.29, 1.82) is 0 Å². The number of rotatable bonds is 8. The highest BCUT2D eigenvalue weighted by Crippen LogP contribution is 2.30. The second kappa shape index (κ2) is 12.6. The molecule has 1 atom stereocenters. The number of aliphatic carboxylic acids is 1. The highest BCUT2D eigenvalue weighted by molar-refractivity contribution is 5.73. The Bertz CT molecular complexity index is 1050. The van der Waals surface area contributed by atoms with Crippen molar-refractivity contribution < 1.29 is 19.4 Å². The number of nitrogens with one attached hydrogen (secondary N) is 1. The molecular formula is C26H32N4O4. The number of anilines is 1. The third-order valence-electron chi connectivity index (χ3n) is 5.61. The number of nitrogens with zero attached hydrogens (tertiary/aromatic N) is 2. The van der Waals surface area contributed by atoms with E-state index in [1.54, 1.807) is 14.2 Å². The number of hydrogen-bond acceptors (Lipinski definition) is 7. The Morgan fingerprint density at radius 3 is 2.41 bits per heavy atom. The lowest BCUT2D eigenvalue weighted by molar-refractivity contribution is -0.138. The summed E-state index contributed by atoms with van der Waals surface area (Å²) in [4.78, 5) is 19.0. The van der Waals surface area contributed by atoms with Crippen LogP contribution in [0.15, 0.2) is 60.9 Å². The van der Waals surface area contributed by atoms with Crippen molar-refractivity contribution in [2.45, 2.75) is 44.2 Å². The summed E-state index contributed by atoms with van der Waals surface area (Å²) < 4.78 is 11.1. The van der Waals surface area contributed by atoms with Gasteiger partial charge < -0.3 is 25.6 Å². The SMILES string of the molecule is CNc1cc(-c2ccc(CC(N)C(=O)O)cc2)ncn1.COc1ccccc1OC1CCCC1. The number of carbonyl (C=O) groups is 1. The van der Waals surface area contributed by atoms with Gasteiger partial charge in [-0.3, -0.25) is 4.79 Å². The fraction of sp³-hybridized carbons (Fsp3) is 0.346. The summed E-state index contributed by atoms with van der Waals surface area (Å²) in [6, 6.07) is 16.3. The van der Waals surface area contributed by atoms with Gasteiger partial charge in [-0.25, -0.2) is 9.97 Å². The van der Waals surface area contributed by atoms with Crippen LogP contribution in [0.25, 0.3) is 11.3 Å². The van der Waals surface area contributed by atoms with Crippen LogP contribution in [0, 0.1) is 0 Å². The quantitative estimate of drug-likeness (QED) is 0.455. The molecule has 1 saturated carbocycles. The molecule has 2 aromatic carbocycles. The normalized spacial score (nSPS) is 14.0. The highest BCUT2D eigenvalue weighted by atomic mass is 16.5. The van der Waals surface area contributed by atoms with Gasteiger partial charge in [-0.15, -0.1) is 0 Å². The number of carboxylic acids is 1. The van der Waals surface area contributed by atoms with Crippen LogP contribution >= 0.6 is 0 Å². The number of para-hydroxylation sites is 2. The van der Waals surface area contributed by atoms with E-state index in [0.717, 1.165) is 34.1 Å². The summed E-state index contributed by atoms with van der Waals surface area (Å²) in [6.45, 7) is 0. The second-order valence-corrected chi connectivity index (χ2v) is 8.06. The summed E-state index contributed by atoms with van der Waals surface area (Å²) in [5, 5.41) is 11.7. The average molecular weight is 465 g/mol. The van der Waals surface area contributed by atoms with E-state index in [9.17, 15) is 4.79 Å². The second-order valence-electron chi connectivity index (χ2n) is 8.06. The molecule has 8 heteroatoms. The summed E-state index contributed by atoms with van der Waals surface area (Å²) in [5.74, 6) is 1.46. The molecule has 1 aromatic heterocycles. The lowest BCUT2D eigenvalue weighted by Crippen LogP contribution is -2.32. The molecular weight excluding hydrogens is 432 g/mol. The van der Waals surface area contributed by atoms with E-state index in [1.807, 2.05) is 54.6 Å². The zero-order chi connectivity index (χ0) is 24.3. The first-order chi connectivity index (χ1) is 16.5. The van der Waals surface area contributed by atoms with Crippen LogP contribution < -0.4 is 20.5 Å². The minimum Gasteiger partial charge on any atom is -0.493 e. The molecule has 0 saturated heterocycles. The van der Waals surface area contributed by atoms with Gasteiger partial charge in [0.2, 0.25) is 0 Å². The smallest absolute Gasteiger partial charge is 0.320 e. The van der Waals surface area contributed by atoms with Crippen molar-refractivity contribution in [2.24, 2.45) is 5.73 Å². The molecule has 0 bridgehead atoms. The fourth-order valence-corrected chi connectivity index (χ4v) is 3.71. The topological polar surface area (TPSA) is 120 Å². The molecule has 1 unspecified atom stereocenters. The van der Waals surface area contributed by atoms with Crippen molar-refractivity contribution in [2.75, 3.05) is 19.5 Å². The average Bonchev–Trinajstić information content (AvgIpc) is 3.38. The maximum atomic E-state index is 10.7. The summed E-state index contributed by atoms with van der Waals surface area (Å²) in [7, 11) is 3.47. The number of ether oxygens (including phenoxy) is 2. The van der Waals surface area contributed by atoms with Crippen LogP contribution in [0.5, 0.6) is 11.5 Å². The molecule has 0 amide bonds. The van der Waals surface area contributed by atoms with Crippen molar-refractivity contribution in [3.8, 4) is 22.8 Å². The first-order valence-corrected chi connectivity index (χ1v) is 11.4. The van der Waals surface area contributed by atoms with Crippen molar-refractivity contribution in [3.05, 3.63) is 66.5 Å². The van der Waals surface area contributed by atoms with Gasteiger partial charge in [0, 0.05) is 18.7 Å². The van der Waals surface area contributed by atoms with E-state index >= 15 is 0 Å². The zero-order valence-corrected chi connectivity index (χ0v) is 19.6. The minimum atomic E-state index is -0.997. The van der Waals surface area contributed by atoms with E-state index in [4.69, 9.17) is 20.3 Å². The molecule has 3 aromatic rings. The van der Waals surface area contributed by atoms with Crippen LogP contribution in [0.1, 0.15) is 31.2 Å². The minimum absolute atomic E-state index is 0.307. The van der Waals surface area contributed by atoms with Crippen LogP contribution in [0.3, 0.4) is 0 Å². The van der Waals surface area contributed by atoms with E-state index in [1.165, 1.54) is 32.0 Å². The summed E-state index contributed by atoms with van der Waals surface area (Å²) >= 11 is 0. The van der Waals surface area contributed by atoms with Crippen LogP contribution in [0.2, 0.25) is 0 Å². The largest absolute Gasteiger partial charge is 0.493 e. The van der Waals surface area contributed by atoms with Crippen molar-refractivity contribution >= 4 is 11.8 Å². The van der Waals surface area contributed by atoms with E-state index < -0.39 is 12.0 Å². The molecule has 1 aliphatic carbocycles. The third kappa shape index (κ3) is 7.18. The zero-order valence-electron chi connectivity index (χ0n) is 19.6. The van der Waals surface area contributed by atoms with Gasteiger partial charge in [-0.05, 0) is 49.8 Å². The van der Waals surface area contributed by atoms with Crippen molar-refractivity contribution in [1.82, 2.24) is 9.97 Å². The first-order valence-electron chi connectivity index (χ1n) is 11.4. The van der Waals surface area contributed by atoms with Gasteiger partial charge in [0.05, 0.1) is 18.9 Å². The maximum Gasteiger partial charge on any atom is 0.320 e. The van der Waals surface area contributed by atoms with Crippen LogP contribution in [-0.4, -0.2) is 47.3 Å². The molecule has 0 radical (unpaired) electrons. The molecule has 0 aliphatic heterocycles. The molecule has 1 heterocycles. The predicted molar refractivity (Wildman–Crippen MR) is 132 cm³/mol. The van der Waals surface area contributed by atoms with Gasteiger partial charge in [0.15, 0.2) is 11.5 Å². The Balaban J connectivity index is 0.000000202. The van der Waals surface area contributed by atoms with E-state index in [-0.39, 0.29) is 0 Å². The Morgan fingerprint density at radius 2 is 1.79 bits per heavy atom. The number of methoxy groups -OCH3 is 1. The first kappa shape index (κ1) is 25.0. The summed E-state index contributed by atoms with van der Waals surface area (Å²) in [6.07, 6.45) is 7.14. The van der Waals surface area contributed by atoms with Crippen LogP contribution in [-0.2, 0) is 11.2 Å². The molecule has 8 nitrogen and oxygen atoms in total. The Hall–Kier alpha value is -3.65. The van der Waals surface area contributed by atoms with E-state index in [2.05, 4.69) is 15.3 Å². The predicted octanol–water partition coefficient (Wildman–Crippen LogP) is 4.16. The number of hydrogen-bond donors (Lipinski definition) is 3. The third-order valence-corrected chi connectivity index (χ3v) is 5.61. The number of benzene rings is 2. The van der Waals surface area contributed by atoms with Gasteiger partial charge >= 0.3 is 5.97 Å². The Morgan fingerprint density at radius 1 is 1.12 bits per heavy atom. The number of aromatic nitrogens is 2. The number of carboxylic acid groups (broad SMARTS) is 1. The molecule has 1 aliphatic rings. The van der Waals surface area contributed by atoms with Crippen LogP contribution in [0.4, 0.5) is 5.82 Å². The van der Waals surface area contributed by atoms with Gasteiger partial charge in [-0.2, -0.15) is 0 Å². The number of nitrogens with two attached hydrogens (primary N) is 1. The summed E-state index contributed by atoms with van der Waals surface area (Å²) in [5.41, 5.74) is 8.13. The fourth-order valence-electron chi connectivity index (χ4n) is 3.71.